The van der Waals surface area contributed by atoms with Gasteiger partial charge in [0.05, 0.1) is 12.8 Å². The summed E-state index contributed by atoms with van der Waals surface area (Å²) in [7, 11) is 1.63. The third-order valence-electron chi connectivity index (χ3n) is 4.12. The minimum atomic E-state index is -0.114. The van der Waals surface area contributed by atoms with Gasteiger partial charge < -0.3 is 15.4 Å². The zero-order chi connectivity index (χ0) is 16.2. The van der Waals surface area contributed by atoms with Gasteiger partial charge in [0.25, 0.3) is 5.91 Å². The molecule has 2 heterocycles. The fraction of sp³-hybridized carbons (Fsp3) is 0.412. The van der Waals surface area contributed by atoms with Crippen molar-refractivity contribution in [2.45, 2.75) is 31.8 Å². The maximum atomic E-state index is 12.3. The second-order valence-corrected chi connectivity index (χ2v) is 5.89. The molecule has 0 spiro atoms. The molecule has 6 nitrogen and oxygen atoms in total. The molecular formula is C17H23ClN4O2. The van der Waals surface area contributed by atoms with Crippen molar-refractivity contribution in [1.82, 2.24) is 20.4 Å². The third-order valence-corrected chi connectivity index (χ3v) is 4.12. The highest BCUT2D eigenvalue weighted by molar-refractivity contribution is 5.92. The number of hydrogen-bond donors (Lipinski definition) is 2. The first-order chi connectivity index (χ1) is 11.2. The Morgan fingerprint density at radius 3 is 2.75 bits per heavy atom. The lowest BCUT2D eigenvalue weighted by Gasteiger charge is -2.28. The number of halogens is 1. The van der Waals surface area contributed by atoms with Crippen LogP contribution in [0.15, 0.2) is 36.5 Å². The number of nitrogens with zero attached hydrogens (tertiary/aromatic N) is 2. The van der Waals surface area contributed by atoms with Crippen LogP contribution in [-0.4, -0.2) is 41.4 Å². The Morgan fingerprint density at radius 2 is 2.08 bits per heavy atom. The maximum absolute atomic E-state index is 12.3. The first-order valence-corrected chi connectivity index (χ1v) is 7.90. The largest absolute Gasteiger partial charge is 0.497 e. The van der Waals surface area contributed by atoms with Gasteiger partial charge in [-0.2, -0.15) is 5.10 Å². The Morgan fingerprint density at radius 1 is 1.33 bits per heavy atom. The van der Waals surface area contributed by atoms with Crippen molar-refractivity contribution in [2.75, 3.05) is 13.7 Å². The molecule has 1 aliphatic rings. The van der Waals surface area contributed by atoms with Gasteiger partial charge in [0.1, 0.15) is 5.75 Å². The number of benzene rings is 1. The molecule has 1 fully saturated rings. The molecule has 0 radical (unpaired) electrons. The zero-order valence-electron chi connectivity index (χ0n) is 13.9. The van der Waals surface area contributed by atoms with Crippen molar-refractivity contribution in [1.29, 1.82) is 0 Å². The Balaban J connectivity index is 0.00000208. The predicted molar refractivity (Wildman–Crippen MR) is 95.3 cm³/mol. The molecule has 1 aliphatic heterocycles. The van der Waals surface area contributed by atoms with Crippen LogP contribution in [0.2, 0.25) is 0 Å². The van der Waals surface area contributed by atoms with Crippen molar-refractivity contribution >= 4 is 18.3 Å². The molecular weight excluding hydrogens is 328 g/mol. The molecule has 1 saturated heterocycles. The van der Waals surface area contributed by atoms with Crippen LogP contribution < -0.4 is 15.4 Å². The number of aromatic nitrogens is 2. The lowest BCUT2D eigenvalue weighted by molar-refractivity contribution is 0.0920. The minimum absolute atomic E-state index is 0. The number of methoxy groups -OCH3 is 1. The van der Waals surface area contributed by atoms with Crippen LogP contribution in [0.1, 0.15) is 30.3 Å². The van der Waals surface area contributed by atoms with Crippen molar-refractivity contribution in [3.05, 3.63) is 42.2 Å². The number of rotatable bonds is 4. The molecule has 0 aliphatic carbocycles. The standard InChI is InChI=1S/C17H22N4O2.ClH/c1-12-11-13(7-9-18-12)19-17(22)16-8-10-21(20-16)14-3-5-15(23-2)6-4-14;/h3-6,8,10,12-13,18H,7,9,11H2,1-2H3,(H,19,22);1H. The van der Waals surface area contributed by atoms with E-state index in [0.29, 0.717) is 11.7 Å². The lowest BCUT2D eigenvalue weighted by Crippen LogP contribution is -2.46. The average Bonchev–Trinajstić information content (AvgIpc) is 3.05. The summed E-state index contributed by atoms with van der Waals surface area (Å²) in [5, 5.41) is 10.8. The van der Waals surface area contributed by atoms with E-state index < -0.39 is 0 Å². The third kappa shape index (κ3) is 4.27. The highest BCUT2D eigenvalue weighted by atomic mass is 35.5. The van der Waals surface area contributed by atoms with Crippen LogP contribution in [0.25, 0.3) is 5.69 Å². The highest BCUT2D eigenvalue weighted by Crippen LogP contribution is 2.15. The van der Waals surface area contributed by atoms with Gasteiger partial charge in [-0.25, -0.2) is 4.68 Å². The van der Waals surface area contributed by atoms with Gasteiger partial charge in [-0.05, 0) is 56.6 Å². The van der Waals surface area contributed by atoms with Gasteiger partial charge in [-0.3, -0.25) is 4.79 Å². The van der Waals surface area contributed by atoms with Crippen LogP contribution in [0, 0.1) is 0 Å². The second-order valence-electron chi connectivity index (χ2n) is 5.89. The predicted octanol–water partition coefficient (Wildman–Crippen LogP) is 2.17. The fourth-order valence-electron chi connectivity index (χ4n) is 2.85. The van der Waals surface area contributed by atoms with E-state index in [-0.39, 0.29) is 24.4 Å². The van der Waals surface area contributed by atoms with Crippen LogP contribution in [0.5, 0.6) is 5.75 Å². The number of amides is 1. The van der Waals surface area contributed by atoms with Gasteiger partial charge in [0, 0.05) is 18.3 Å². The Hall–Kier alpha value is -2.05. The monoisotopic (exact) mass is 350 g/mol. The highest BCUT2D eigenvalue weighted by Gasteiger charge is 2.21. The van der Waals surface area contributed by atoms with Gasteiger partial charge in [-0.1, -0.05) is 0 Å². The second kappa shape index (κ2) is 8.17. The molecule has 2 N–H and O–H groups in total. The molecule has 7 heteroatoms. The first kappa shape index (κ1) is 18.3. The average molecular weight is 351 g/mol. The van der Waals surface area contributed by atoms with E-state index in [2.05, 4.69) is 22.7 Å². The number of hydrogen-bond acceptors (Lipinski definition) is 4. The number of carbonyl (C=O) groups is 1. The first-order valence-electron chi connectivity index (χ1n) is 7.90. The molecule has 1 aromatic carbocycles. The maximum Gasteiger partial charge on any atom is 0.272 e. The minimum Gasteiger partial charge on any atom is -0.497 e. The van der Waals surface area contributed by atoms with Gasteiger partial charge >= 0.3 is 0 Å². The number of piperidine rings is 1. The van der Waals surface area contributed by atoms with E-state index in [4.69, 9.17) is 4.74 Å². The van der Waals surface area contributed by atoms with E-state index in [1.165, 1.54) is 0 Å². The molecule has 24 heavy (non-hydrogen) atoms. The molecule has 0 saturated carbocycles. The smallest absolute Gasteiger partial charge is 0.272 e. The topological polar surface area (TPSA) is 68.2 Å². The van der Waals surface area contributed by atoms with Gasteiger partial charge in [0.15, 0.2) is 5.69 Å². The summed E-state index contributed by atoms with van der Waals surface area (Å²) in [4.78, 5) is 12.3. The van der Waals surface area contributed by atoms with Crippen molar-refractivity contribution < 1.29 is 9.53 Å². The number of carbonyl (C=O) groups excluding carboxylic acids is 1. The molecule has 130 valence electrons. The van der Waals surface area contributed by atoms with E-state index >= 15 is 0 Å². The van der Waals surface area contributed by atoms with E-state index in [9.17, 15) is 4.79 Å². The molecule has 0 bridgehead atoms. The van der Waals surface area contributed by atoms with E-state index in [1.807, 2.05) is 24.3 Å². The summed E-state index contributed by atoms with van der Waals surface area (Å²) < 4.78 is 6.84. The van der Waals surface area contributed by atoms with Crippen LogP contribution >= 0.6 is 12.4 Å². The van der Waals surface area contributed by atoms with Gasteiger partial charge in [-0.15, -0.1) is 12.4 Å². The van der Waals surface area contributed by atoms with Crippen molar-refractivity contribution in [2.24, 2.45) is 0 Å². The molecule has 2 atom stereocenters. The Labute approximate surface area is 148 Å². The van der Waals surface area contributed by atoms with E-state index in [0.717, 1.165) is 30.8 Å². The number of nitrogens with one attached hydrogen (secondary N) is 2. The summed E-state index contributed by atoms with van der Waals surface area (Å²) in [6, 6.07) is 9.94. The number of ether oxygens (including phenoxy) is 1. The summed E-state index contributed by atoms with van der Waals surface area (Å²) in [5.74, 6) is 0.676. The molecule has 2 aromatic rings. The van der Waals surface area contributed by atoms with Crippen molar-refractivity contribution in [3.8, 4) is 11.4 Å². The molecule has 3 rings (SSSR count). The van der Waals surface area contributed by atoms with Crippen LogP contribution in [0.3, 0.4) is 0 Å². The Kier molecular flexibility index (Phi) is 6.23. The molecule has 1 aromatic heterocycles. The van der Waals surface area contributed by atoms with Crippen LogP contribution in [-0.2, 0) is 0 Å². The fourth-order valence-corrected chi connectivity index (χ4v) is 2.85. The molecule has 2 unspecified atom stereocenters. The molecule has 1 amide bonds. The van der Waals surface area contributed by atoms with Gasteiger partial charge in [0.2, 0.25) is 0 Å². The summed E-state index contributed by atoms with van der Waals surface area (Å²) >= 11 is 0. The lowest BCUT2D eigenvalue weighted by atomic mass is 10.0. The Bertz CT molecular complexity index is 671. The summed E-state index contributed by atoms with van der Waals surface area (Å²) in [6.45, 7) is 3.07. The zero-order valence-corrected chi connectivity index (χ0v) is 14.7. The van der Waals surface area contributed by atoms with Crippen molar-refractivity contribution in [3.63, 3.8) is 0 Å². The van der Waals surface area contributed by atoms with E-state index in [1.54, 1.807) is 24.1 Å². The SMILES string of the molecule is COc1ccc(-n2ccc(C(=O)NC3CCNC(C)C3)n2)cc1.Cl. The summed E-state index contributed by atoms with van der Waals surface area (Å²) in [6.07, 6.45) is 3.70. The summed E-state index contributed by atoms with van der Waals surface area (Å²) in [5.41, 5.74) is 1.33. The van der Waals surface area contributed by atoms with Crippen LogP contribution in [0.4, 0.5) is 0 Å². The quantitative estimate of drug-likeness (QED) is 0.886. The normalized spacial score (nSPS) is 20.1.